The zero-order valence-electron chi connectivity index (χ0n) is 15.4. The molecule has 0 radical (unpaired) electrons. The molecule has 1 N–H and O–H groups in total. The first-order chi connectivity index (χ1) is 13.1. The molecule has 0 bridgehead atoms. The molecule has 7 nitrogen and oxygen atoms in total. The summed E-state index contributed by atoms with van der Waals surface area (Å²) in [6.07, 6.45) is 2.45. The summed E-state index contributed by atoms with van der Waals surface area (Å²) in [6.45, 7) is 4.17. The van der Waals surface area contributed by atoms with Crippen molar-refractivity contribution < 1.29 is 9.72 Å². The lowest BCUT2D eigenvalue weighted by atomic mass is 9.96. The molecule has 0 spiro atoms. The number of aromatic nitrogens is 1. The summed E-state index contributed by atoms with van der Waals surface area (Å²) in [5, 5.41) is 14.4. The standard InChI is InChI=1S/C20H24N4O3/c1-2-12-21-20(25)16-10-13-23(14-11-16)18-9-8-17(24(26)27)19(22-18)15-6-4-3-5-7-15/h3-9,16H,2,10-14H2,1H3,(H,21,25). The van der Waals surface area contributed by atoms with Crippen LogP contribution in [0.1, 0.15) is 26.2 Å². The van der Waals surface area contributed by atoms with Gasteiger partial charge in [-0.3, -0.25) is 14.9 Å². The Bertz CT molecular complexity index is 802. The molecule has 7 heteroatoms. The molecule has 142 valence electrons. The van der Waals surface area contributed by atoms with Crippen molar-refractivity contribution in [2.24, 2.45) is 5.92 Å². The van der Waals surface area contributed by atoms with Gasteiger partial charge in [-0.2, -0.15) is 0 Å². The van der Waals surface area contributed by atoms with Crippen molar-refractivity contribution in [2.45, 2.75) is 26.2 Å². The van der Waals surface area contributed by atoms with Gasteiger partial charge in [0.1, 0.15) is 5.82 Å². The Balaban J connectivity index is 1.77. The Hall–Kier alpha value is -2.96. The number of nitrogens with one attached hydrogen (secondary N) is 1. The van der Waals surface area contributed by atoms with E-state index in [4.69, 9.17) is 0 Å². The zero-order valence-corrected chi connectivity index (χ0v) is 15.4. The van der Waals surface area contributed by atoms with Gasteiger partial charge in [0.25, 0.3) is 5.69 Å². The fourth-order valence-electron chi connectivity index (χ4n) is 3.34. The summed E-state index contributed by atoms with van der Waals surface area (Å²) in [5.41, 5.74) is 1.10. The van der Waals surface area contributed by atoms with Gasteiger partial charge < -0.3 is 10.2 Å². The highest BCUT2D eigenvalue weighted by Gasteiger charge is 2.26. The van der Waals surface area contributed by atoms with E-state index < -0.39 is 4.92 Å². The van der Waals surface area contributed by atoms with E-state index in [0.29, 0.717) is 31.1 Å². The van der Waals surface area contributed by atoms with E-state index in [1.807, 2.05) is 37.3 Å². The molecule has 0 aliphatic carbocycles. The lowest BCUT2D eigenvalue weighted by molar-refractivity contribution is -0.384. The monoisotopic (exact) mass is 368 g/mol. The van der Waals surface area contributed by atoms with Gasteiger partial charge in [-0.1, -0.05) is 37.3 Å². The highest BCUT2D eigenvalue weighted by Crippen LogP contribution is 2.31. The number of hydrogen-bond acceptors (Lipinski definition) is 5. The van der Waals surface area contributed by atoms with Gasteiger partial charge in [-0.15, -0.1) is 0 Å². The van der Waals surface area contributed by atoms with E-state index in [-0.39, 0.29) is 17.5 Å². The normalized spacial score (nSPS) is 14.8. The minimum atomic E-state index is -0.399. The van der Waals surface area contributed by atoms with Gasteiger partial charge >= 0.3 is 0 Å². The number of hydrogen-bond donors (Lipinski definition) is 1. The van der Waals surface area contributed by atoms with Gasteiger partial charge in [0.15, 0.2) is 5.69 Å². The number of anilines is 1. The molecule has 2 heterocycles. The number of amides is 1. The number of carbonyl (C=O) groups excluding carboxylic acids is 1. The predicted molar refractivity (Wildman–Crippen MR) is 105 cm³/mol. The molecule has 1 aliphatic rings. The zero-order chi connectivity index (χ0) is 19.2. The summed E-state index contributed by atoms with van der Waals surface area (Å²) < 4.78 is 0. The van der Waals surface area contributed by atoms with Crippen LogP contribution in [-0.2, 0) is 4.79 Å². The molecule has 1 fully saturated rings. The molecular formula is C20H24N4O3. The van der Waals surface area contributed by atoms with E-state index in [9.17, 15) is 14.9 Å². The van der Waals surface area contributed by atoms with Crippen LogP contribution in [0, 0.1) is 16.0 Å². The molecule has 1 aromatic carbocycles. The van der Waals surface area contributed by atoms with Crippen molar-refractivity contribution in [1.29, 1.82) is 0 Å². The number of nitrogens with zero attached hydrogens (tertiary/aromatic N) is 3. The van der Waals surface area contributed by atoms with Crippen molar-refractivity contribution in [3.05, 3.63) is 52.6 Å². The second-order valence-corrected chi connectivity index (χ2v) is 6.71. The maximum atomic E-state index is 12.1. The largest absolute Gasteiger partial charge is 0.357 e. The predicted octanol–water partition coefficient (Wildman–Crippen LogP) is 3.40. The molecule has 2 aromatic rings. The summed E-state index contributed by atoms with van der Waals surface area (Å²) >= 11 is 0. The second kappa shape index (κ2) is 8.62. The smallest absolute Gasteiger partial charge is 0.295 e. The van der Waals surface area contributed by atoms with E-state index in [1.165, 1.54) is 6.07 Å². The van der Waals surface area contributed by atoms with Crippen LogP contribution in [0.2, 0.25) is 0 Å². The summed E-state index contributed by atoms with van der Waals surface area (Å²) in [5.74, 6) is 0.865. The Kier molecular flexibility index (Phi) is 6.01. The van der Waals surface area contributed by atoms with Gasteiger partial charge in [-0.25, -0.2) is 4.98 Å². The first kappa shape index (κ1) is 18.8. The fraction of sp³-hybridized carbons (Fsp3) is 0.400. The quantitative estimate of drug-likeness (QED) is 0.624. The topological polar surface area (TPSA) is 88.4 Å². The number of benzene rings is 1. The molecule has 1 aromatic heterocycles. The molecule has 1 amide bonds. The van der Waals surface area contributed by atoms with Crippen LogP contribution in [0.5, 0.6) is 0 Å². The third-order valence-corrected chi connectivity index (χ3v) is 4.84. The van der Waals surface area contributed by atoms with Crippen molar-refractivity contribution in [2.75, 3.05) is 24.5 Å². The van der Waals surface area contributed by atoms with Crippen LogP contribution >= 0.6 is 0 Å². The summed E-state index contributed by atoms with van der Waals surface area (Å²) in [6, 6.07) is 12.4. The van der Waals surface area contributed by atoms with E-state index >= 15 is 0 Å². The Morgan fingerprint density at radius 3 is 2.56 bits per heavy atom. The number of pyridine rings is 1. The first-order valence-corrected chi connectivity index (χ1v) is 9.33. The van der Waals surface area contributed by atoms with Crippen LogP contribution in [0.4, 0.5) is 11.5 Å². The highest BCUT2D eigenvalue weighted by atomic mass is 16.6. The van der Waals surface area contributed by atoms with E-state index in [2.05, 4.69) is 15.2 Å². The maximum absolute atomic E-state index is 12.1. The van der Waals surface area contributed by atoms with Crippen LogP contribution in [0.25, 0.3) is 11.3 Å². The minimum absolute atomic E-state index is 0.00113. The van der Waals surface area contributed by atoms with Crippen LogP contribution in [0.3, 0.4) is 0 Å². The molecule has 3 rings (SSSR count). The lowest BCUT2D eigenvalue weighted by Crippen LogP contribution is -2.41. The van der Waals surface area contributed by atoms with Crippen molar-refractivity contribution in [3.8, 4) is 11.3 Å². The molecule has 27 heavy (non-hydrogen) atoms. The fourth-order valence-corrected chi connectivity index (χ4v) is 3.34. The Morgan fingerprint density at radius 2 is 1.93 bits per heavy atom. The third kappa shape index (κ3) is 4.42. The van der Waals surface area contributed by atoms with Crippen LogP contribution < -0.4 is 10.2 Å². The van der Waals surface area contributed by atoms with Gasteiger partial charge in [0.05, 0.1) is 4.92 Å². The Labute approximate surface area is 158 Å². The first-order valence-electron chi connectivity index (χ1n) is 9.33. The Morgan fingerprint density at radius 1 is 1.22 bits per heavy atom. The average Bonchev–Trinajstić information content (AvgIpc) is 2.72. The van der Waals surface area contributed by atoms with E-state index in [1.54, 1.807) is 6.07 Å². The molecule has 0 unspecified atom stereocenters. The molecule has 0 atom stereocenters. The summed E-state index contributed by atoms with van der Waals surface area (Å²) in [4.78, 5) is 29.8. The van der Waals surface area contributed by atoms with Crippen LogP contribution in [0.15, 0.2) is 42.5 Å². The number of nitro groups is 1. The number of carbonyl (C=O) groups is 1. The van der Waals surface area contributed by atoms with Crippen molar-refractivity contribution in [1.82, 2.24) is 10.3 Å². The number of rotatable bonds is 6. The maximum Gasteiger partial charge on any atom is 0.295 e. The molecule has 1 aliphatic heterocycles. The number of piperidine rings is 1. The third-order valence-electron chi connectivity index (χ3n) is 4.84. The summed E-state index contributed by atoms with van der Waals surface area (Å²) in [7, 11) is 0. The van der Waals surface area contributed by atoms with Gasteiger partial charge in [-0.05, 0) is 25.3 Å². The average molecular weight is 368 g/mol. The van der Waals surface area contributed by atoms with Crippen molar-refractivity contribution >= 4 is 17.4 Å². The van der Waals surface area contributed by atoms with Crippen LogP contribution in [-0.4, -0.2) is 35.4 Å². The van der Waals surface area contributed by atoms with Gasteiger partial charge in [0.2, 0.25) is 5.91 Å². The van der Waals surface area contributed by atoms with Crippen molar-refractivity contribution in [3.63, 3.8) is 0 Å². The highest BCUT2D eigenvalue weighted by molar-refractivity contribution is 5.79. The van der Waals surface area contributed by atoms with E-state index in [0.717, 1.165) is 24.8 Å². The lowest BCUT2D eigenvalue weighted by Gasteiger charge is -2.32. The molecule has 1 saturated heterocycles. The minimum Gasteiger partial charge on any atom is -0.357 e. The molecular weight excluding hydrogens is 344 g/mol. The van der Waals surface area contributed by atoms with Gasteiger partial charge in [0, 0.05) is 37.2 Å². The second-order valence-electron chi connectivity index (χ2n) is 6.71. The SMILES string of the molecule is CCCNC(=O)C1CCN(c2ccc([N+](=O)[O-])c(-c3ccccc3)n2)CC1. The molecule has 0 saturated carbocycles.